The van der Waals surface area contributed by atoms with Gasteiger partial charge in [-0.2, -0.15) is 0 Å². The summed E-state index contributed by atoms with van der Waals surface area (Å²) >= 11 is 0. The molecule has 0 heterocycles. The van der Waals surface area contributed by atoms with E-state index in [2.05, 4.69) is 5.32 Å². The predicted octanol–water partition coefficient (Wildman–Crippen LogP) is 3.57. The lowest BCUT2D eigenvalue weighted by atomic mass is 9.71. The normalized spacial score (nSPS) is 15.6. The van der Waals surface area contributed by atoms with Gasteiger partial charge in [-0.3, -0.25) is 4.79 Å². The van der Waals surface area contributed by atoms with Crippen molar-refractivity contribution in [3.8, 4) is 5.75 Å². The molecule has 1 fully saturated rings. The van der Waals surface area contributed by atoms with E-state index in [4.69, 9.17) is 4.74 Å². The van der Waals surface area contributed by atoms with Crippen molar-refractivity contribution in [2.75, 3.05) is 7.11 Å². The average molecular weight is 313 g/mol. The van der Waals surface area contributed by atoms with Crippen LogP contribution in [0.5, 0.6) is 5.75 Å². The van der Waals surface area contributed by atoms with Crippen molar-refractivity contribution >= 4 is 5.91 Å². The number of amides is 1. The first-order chi connectivity index (χ1) is 11.1. The smallest absolute Gasteiger partial charge is 0.225 e. The van der Waals surface area contributed by atoms with Gasteiger partial charge in [-0.05, 0) is 43.0 Å². The van der Waals surface area contributed by atoms with E-state index in [0.717, 1.165) is 30.4 Å². The highest BCUT2D eigenvalue weighted by molar-refractivity contribution is 5.80. The van der Waals surface area contributed by atoms with Crippen LogP contribution in [-0.4, -0.2) is 13.0 Å². The van der Waals surface area contributed by atoms with Gasteiger partial charge in [0.2, 0.25) is 5.91 Å². The lowest BCUT2D eigenvalue weighted by Crippen LogP contribution is -2.51. The van der Waals surface area contributed by atoms with E-state index in [9.17, 15) is 9.18 Å². The van der Waals surface area contributed by atoms with Crippen LogP contribution in [0, 0.1) is 5.82 Å². The van der Waals surface area contributed by atoms with Crippen molar-refractivity contribution in [1.82, 2.24) is 5.32 Å². The van der Waals surface area contributed by atoms with Gasteiger partial charge in [0, 0.05) is 5.56 Å². The number of para-hydroxylation sites is 1. The van der Waals surface area contributed by atoms with Crippen molar-refractivity contribution < 1.29 is 13.9 Å². The summed E-state index contributed by atoms with van der Waals surface area (Å²) in [7, 11) is 1.60. The number of hydrogen-bond acceptors (Lipinski definition) is 2. The number of halogens is 1. The van der Waals surface area contributed by atoms with E-state index < -0.39 is 0 Å². The van der Waals surface area contributed by atoms with Gasteiger partial charge in [0.25, 0.3) is 0 Å². The number of carbonyl (C=O) groups is 1. The van der Waals surface area contributed by atoms with Gasteiger partial charge >= 0.3 is 0 Å². The number of ether oxygens (including phenoxy) is 1. The molecule has 23 heavy (non-hydrogen) atoms. The Morgan fingerprint density at radius 1 is 1.17 bits per heavy atom. The maximum atomic E-state index is 13.1. The Labute approximate surface area is 135 Å². The average Bonchev–Trinajstić information content (AvgIpc) is 2.52. The SMILES string of the molecule is COc1ccccc1CC(=O)NC1(c2ccc(F)cc2)CCC1. The lowest BCUT2D eigenvalue weighted by molar-refractivity contribution is -0.123. The summed E-state index contributed by atoms with van der Waals surface area (Å²) in [5.41, 5.74) is 1.48. The Balaban J connectivity index is 1.74. The second kappa shape index (κ2) is 6.41. The molecule has 120 valence electrons. The summed E-state index contributed by atoms with van der Waals surface area (Å²) < 4.78 is 18.4. The number of methoxy groups -OCH3 is 1. The molecule has 1 aliphatic carbocycles. The van der Waals surface area contributed by atoms with Crippen LogP contribution in [0.2, 0.25) is 0 Å². The van der Waals surface area contributed by atoms with Crippen LogP contribution in [0.1, 0.15) is 30.4 Å². The van der Waals surface area contributed by atoms with E-state index in [1.54, 1.807) is 19.2 Å². The van der Waals surface area contributed by atoms with Gasteiger partial charge in [-0.25, -0.2) is 4.39 Å². The van der Waals surface area contributed by atoms with Crippen molar-refractivity contribution in [3.63, 3.8) is 0 Å². The van der Waals surface area contributed by atoms with Crippen molar-refractivity contribution in [1.29, 1.82) is 0 Å². The number of rotatable bonds is 5. The summed E-state index contributed by atoms with van der Waals surface area (Å²) in [5.74, 6) is 0.411. The number of hydrogen-bond donors (Lipinski definition) is 1. The molecule has 0 saturated heterocycles. The molecular weight excluding hydrogens is 293 g/mol. The topological polar surface area (TPSA) is 38.3 Å². The second-order valence-electron chi connectivity index (χ2n) is 5.98. The minimum absolute atomic E-state index is 0.0430. The highest BCUT2D eigenvalue weighted by atomic mass is 19.1. The quantitative estimate of drug-likeness (QED) is 0.916. The van der Waals surface area contributed by atoms with E-state index >= 15 is 0 Å². The van der Waals surface area contributed by atoms with Crippen molar-refractivity contribution in [3.05, 3.63) is 65.5 Å². The molecule has 0 atom stereocenters. The molecule has 3 rings (SSSR count). The molecule has 0 spiro atoms. The van der Waals surface area contributed by atoms with Crippen LogP contribution in [0.25, 0.3) is 0 Å². The number of nitrogens with one attached hydrogen (secondary N) is 1. The van der Waals surface area contributed by atoms with Crippen LogP contribution >= 0.6 is 0 Å². The standard InChI is InChI=1S/C19H20FNO2/c1-23-17-6-3-2-5-14(17)13-18(22)21-19(11-4-12-19)15-7-9-16(20)10-8-15/h2-3,5-10H,4,11-13H2,1H3,(H,21,22). The predicted molar refractivity (Wildman–Crippen MR) is 86.8 cm³/mol. The Morgan fingerprint density at radius 2 is 1.87 bits per heavy atom. The molecule has 0 aromatic heterocycles. The molecule has 1 saturated carbocycles. The molecule has 1 aliphatic rings. The first kappa shape index (κ1) is 15.5. The molecule has 4 heteroatoms. The first-order valence-corrected chi connectivity index (χ1v) is 7.82. The maximum Gasteiger partial charge on any atom is 0.225 e. The van der Waals surface area contributed by atoms with Gasteiger partial charge in [0.05, 0.1) is 19.1 Å². The zero-order valence-corrected chi connectivity index (χ0v) is 13.1. The summed E-state index contributed by atoms with van der Waals surface area (Å²) in [5, 5.41) is 3.15. The van der Waals surface area contributed by atoms with Gasteiger partial charge in [-0.15, -0.1) is 0 Å². The zero-order chi connectivity index (χ0) is 16.3. The van der Waals surface area contributed by atoms with Gasteiger partial charge in [0.1, 0.15) is 11.6 Å². The number of benzene rings is 2. The Hall–Kier alpha value is -2.36. The molecule has 1 N–H and O–H groups in total. The van der Waals surface area contributed by atoms with Crippen LogP contribution in [0.4, 0.5) is 4.39 Å². The molecule has 0 bridgehead atoms. The van der Waals surface area contributed by atoms with E-state index in [-0.39, 0.29) is 23.7 Å². The molecule has 1 amide bonds. The fourth-order valence-corrected chi connectivity index (χ4v) is 3.12. The summed E-state index contributed by atoms with van der Waals surface area (Å²) in [4.78, 5) is 12.5. The zero-order valence-electron chi connectivity index (χ0n) is 13.1. The molecule has 0 radical (unpaired) electrons. The third kappa shape index (κ3) is 3.21. The van der Waals surface area contributed by atoms with E-state index in [0.29, 0.717) is 5.75 Å². The lowest BCUT2D eigenvalue weighted by Gasteiger charge is -2.43. The molecule has 3 nitrogen and oxygen atoms in total. The Morgan fingerprint density at radius 3 is 2.48 bits per heavy atom. The number of carbonyl (C=O) groups excluding carboxylic acids is 1. The molecule has 0 unspecified atom stereocenters. The minimum atomic E-state index is -0.354. The van der Waals surface area contributed by atoms with Crippen molar-refractivity contribution in [2.45, 2.75) is 31.2 Å². The first-order valence-electron chi connectivity index (χ1n) is 7.82. The van der Waals surface area contributed by atoms with Crippen LogP contribution in [0.15, 0.2) is 48.5 Å². The highest BCUT2D eigenvalue weighted by Gasteiger charge is 2.39. The Bertz CT molecular complexity index is 693. The highest BCUT2D eigenvalue weighted by Crippen LogP contribution is 2.41. The maximum absolute atomic E-state index is 13.1. The largest absolute Gasteiger partial charge is 0.496 e. The van der Waals surface area contributed by atoms with Gasteiger partial charge in [0.15, 0.2) is 0 Å². The van der Waals surface area contributed by atoms with Crippen LogP contribution < -0.4 is 10.1 Å². The van der Waals surface area contributed by atoms with E-state index in [1.165, 1.54) is 12.1 Å². The van der Waals surface area contributed by atoms with Crippen LogP contribution in [0.3, 0.4) is 0 Å². The summed E-state index contributed by atoms with van der Waals surface area (Å²) in [6.07, 6.45) is 3.10. The Kier molecular flexibility index (Phi) is 4.33. The fraction of sp³-hybridized carbons (Fsp3) is 0.316. The molecule has 2 aromatic carbocycles. The molecule has 2 aromatic rings. The van der Waals surface area contributed by atoms with Crippen molar-refractivity contribution in [2.24, 2.45) is 0 Å². The molecular formula is C19H20FNO2. The second-order valence-corrected chi connectivity index (χ2v) is 5.98. The monoisotopic (exact) mass is 313 g/mol. The van der Waals surface area contributed by atoms with Crippen LogP contribution in [-0.2, 0) is 16.8 Å². The summed E-state index contributed by atoms with van der Waals surface area (Å²) in [6.45, 7) is 0. The van der Waals surface area contributed by atoms with E-state index in [1.807, 2.05) is 24.3 Å². The minimum Gasteiger partial charge on any atom is -0.496 e. The van der Waals surface area contributed by atoms with Gasteiger partial charge in [-0.1, -0.05) is 30.3 Å². The fourth-order valence-electron chi connectivity index (χ4n) is 3.12. The third-order valence-electron chi connectivity index (χ3n) is 4.53. The summed E-state index contributed by atoms with van der Waals surface area (Å²) in [6, 6.07) is 13.9. The third-order valence-corrected chi connectivity index (χ3v) is 4.53. The van der Waals surface area contributed by atoms with Gasteiger partial charge < -0.3 is 10.1 Å². The molecule has 0 aliphatic heterocycles.